The number of aromatic nitrogens is 3. The molecule has 0 spiro atoms. The van der Waals surface area contributed by atoms with Gasteiger partial charge in [-0.05, 0) is 51.0 Å². The Labute approximate surface area is 144 Å². The highest BCUT2D eigenvalue weighted by Gasteiger charge is 2.34. The molecule has 132 valence electrons. The van der Waals surface area contributed by atoms with Gasteiger partial charge in [-0.15, -0.1) is 5.10 Å². The van der Waals surface area contributed by atoms with Crippen LogP contribution in [0, 0.1) is 18.7 Å². The summed E-state index contributed by atoms with van der Waals surface area (Å²) in [6.07, 6.45) is 1.39. The molecule has 1 aromatic carbocycles. The second kappa shape index (κ2) is 6.62. The zero-order chi connectivity index (χ0) is 18.1. The van der Waals surface area contributed by atoms with E-state index in [1.165, 1.54) is 16.8 Å². The van der Waals surface area contributed by atoms with E-state index in [9.17, 15) is 14.0 Å². The third-order valence-electron chi connectivity index (χ3n) is 4.71. The van der Waals surface area contributed by atoms with Crippen LogP contribution in [0.3, 0.4) is 0 Å². The summed E-state index contributed by atoms with van der Waals surface area (Å²) in [4.78, 5) is 26.0. The topological polar surface area (TPSA) is 94.1 Å². The number of rotatable bonds is 3. The van der Waals surface area contributed by atoms with Crippen LogP contribution in [0.1, 0.15) is 35.9 Å². The fourth-order valence-electron chi connectivity index (χ4n) is 3.11. The first-order valence-electron chi connectivity index (χ1n) is 8.17. The van der Waals surface area contributed by atoms with Crippen molar-refractivity contribution in [2.24, 2.45) is 11.7 Å². The van der Waals surface area contributed by atoms with Crippen molar-refractivity contribution in [2.45, 2.75) is 32.7 Å². The number of carbonyl (C=O) groups excluding carboxylic acids is 2. The highest BCUT2D eigenvalue weighted by atomic mass is 19.1. The lowest BCUT2D eigenvalue weighted by molar-refractivity contribution is -0.123. The first-order chi connectivity index (χ1) is 11.9. The molecule has 0 aliphatic carbocycles. The van der Waals surface area contributed by atoms with E-state index in [2.05, 4.69) is 10.3 Å². The van der Waals surface area contributed by atoms with Gasteiger partial charge < -0.3 is 10.6 Å². The maximum atomic E-state index is 13.1. The van der Waals surface area contributed by atoms with Gasteiger partial charge >= 0.3 is 0 Å². The number of piperidine rings is 1. The number of benzene rings is 1. The van der Waals surface area contributed by atoms with Crippen LogP contribution in [0.4, 0.5) is 4.39 Å². The van der Waals surface area contributed by atoms with E-state index in [4.69, 9.17) is 5.73 Å². The average molecular weight is 345 g/mol. The van der Waals surface area contributed by atoms with Crippen LogP contribution in [0.2, 0.25) is 0 Å². The second-order valence-corrected chi connectivity index (χ2v) is 6.39. The molecule has 1 saturated heterocycles. The Kier molecular flexibility index (Phi) is 4.52. The minimum Gasteiger partial charge on any atom is -0.369 e. The van der Waals surface area contributed by atoms with E-state index >= 15 is 0 Å². The summed E-state index contributed by atoms with van der Waals surface area (Å²) in [6, 6.07) is 5.78. The van der Waals surface area contributed by atoms with Crippen LogP contribution in [0.25, 0.3) is 5.69 Å². The fourth-order valence-corrected chi connectivity index (χ4v) is 3.11. The zero-order valence-corrected chi connectivity index (χ0v) is 14.1. The number of hydrogen-bond acceptors (Lipinski definition) is 4. The maximum absolute atomic E-state index is 13.1. The fraction of sp³-hybridized carbons (Fsp3) is 0.412. The third-order valence-corrected chi connectivity index (χ3v) is 4.71. The molecular formula is C17H20FN5O2. The van der Waals surface area contributed by atoms with Crippen molar-refractivity contribution in [3.8, 4) is 5.69 Å². The van der Waals surface area contributed by atoms with E-state index < -0.39 is 5.91 Å². The summed E-state index contributed by atoms with van der Waals surface area (Å²) in [5.41, 5.74) is 6.80. The van der Waals surface area contributed by atoms with Crippen LogP contribution in [-0.2, 0) is 4.79 Å². The van der Waals surface area contributed by atoms with Gasteiger partial charge in [0.05, 0.1) is 17.3 Å². The standard InChI is InChI=1S/C17H20FN5O2/c1-10-3-4-12(16(19)24)9-22(10)17(25)15-11(2)23(21-20-15)14-7-5-13(18)6-8-14/h5-8,10,12H,3-4,9H2,1-2H3,(H2,19,24)/t10-,12-/m0/s1. The van der Waals surface area contributed by atoms with Gasteiger partial charge in [-0.1, -0.05) is 5.21 Å². The van der Waals surface area contributed by atoms with Crippen molar-refractivity contribution in [3.63, 3.8) is 0 Å². The summed E-state index contributed by atoms with van der Waals surface area (Å²) in [5, 5.41) is 8.02. The second-order valence-electron chi connectivity index (χ2n) is 6.39. The van der Waals surface area contributed by atoms with E-state index in [-0.39, 0.29) is 35.9 Å². The number of halogens is 1. The van der Waals surface area contributed by atoms with Crippen molar-refractivity contribution < 1.29 is 14.0 Å². The van der Waals surface area contributed by atoms with Gasteiger partial charge in [-0.25, -0.2) is 9.07 Å². The Balaban J connectivity index is 1.87. The van der Waals surface area contributed by atoms with Gasteiger partial charge in [0.2, 0.25) is 5.91 Å². The first-order valence-corrected chi connectivity index (χ1v) is 8.17. The molecule has 1 aromatic heterocycles. The smallest absolute Gasteiger partial charge is 0.276 e. The molecule has 0 unspecified atom stereocenters. The first kappa shape index (κ1) is 17.1. The van der Waals surface area contributed by atoms with Gasteiger partial charge in [-0.3, -0.25) is 9.59 Å². The molecule has 3 rings (SSSR count). The molecular weight excluding hydrogens is 325 g/mol. The van der Waals surface area contributed by atoms with Gasteiger partial charge in [0.1, 0.15) is 5.82 Å². The number of carbonyl (C=O) groups is 2. The van der Waals surface area contributed by atoms with Gasteiger partial charge in [0.15, 0.2) is 5.69 Å². The lowest BCUT2D eigenvalue weighted by Crippen LogP contribution is -2.48. The van der Waals surface area contributed by atoms with Crippen molar-refractivity contribution in [3.05, 3.63) is 41.5 Å². The van der Waals surface area contributed by atoms with Crippen molar-refractivity contribution in [1.29, 1.82) is 0 Å². The van der Waals surface area contributed by atoms with Crippen LogP contribution < -0.4 is 5.73 Å². The number of hydrogen-bond donors (Lipinski definition) is 1. The molecule has 25 heavy (non-hydrogen) atoms. The molecule has 8 heteroatoms. The number of nitrogens with two attached hydrogens (primary N) is 1. The van der Waals surface area contributed by atoms with Gasteiger partial charge in [0.25, 0.3) is 5.91 Å². The molecule has 0 saturated carbocycles. The Morgan fingerprint density at radius 3 is 2.56 bits per heavy atom. The predicted octanol–water partition coefficient (Wildman–Crippen LogP) is 1.44. The SMILES string of the molecule is Cc1c(C(=O)N2C[C@@H](C(N)=O)CC[C@@H]2C)nnn1-c1ccc(F)cc1. The molecule has 2 heterocycles. The molecule has 2 atom stereocenters. The zero-order valence-electron chi connectivity index (χ0n) is 14.1. The van der Waals surface area contributed by atoms with Crippen LogP contribution in [0.5, 0.6) is 0 Å². The largest absolute Gasteiger partial charge is 0.369 e. The summed E-state index contributed by atoms with van der Waals surface area (Å²) >= 11 is 0. The molecule has 1 aliphatic rings. The normalized spacial score (nSPS) is 20.5. The lowest BCUT2D eigenvalue weighted by atomic mass is 9.92. The summed E-state index contributed by atoms with van der Waals surface area (Å²) in [5.74, 6) is -1.36. The molecule has 7 nitrogen and oxygen atoms in total. The highest BCUT2D eigenvalue weighted by Crippen LogP contribution is 2.24. The van der Waals surface area contributed by atoms with Crippen molar-refractivity contribution in [1.82, 2.24) is 19.9 Å². The van der Waals surface area contributed by atoms with Crippen LogP contribution in [-0.4, -0.2) is 44.3 Å². The quantitative estimate of drug-likeness (QED) is 0.911. The number of likely N-dealkylation sites (tertiary alicyclic amines) is 1. The van der Waals surface area contributed by atoms with Crippen LogP contribution >= 0.6 is 0 Å². The van der Waals surface area contributed by atoms with E-state index in [0.717, 1.165) is 0 Å². The summed E-state index contributed by atoms with van der Waals surface area (Å²) in [7, 11) is 0. The Bertz CT molecular complexity index is 802. The molecule has 2 N–H and O–H groups in total. The number of amides is 2. The van der Waals surface area contributed by atoms with Crippen LogP contribution in [0.15, 0.2) is 24.3 Å². The minimum atomic E-state index is -0.392. The minimum absolute atomic E-state index is 0.00142. The molecule has 1 fully saturated rings. The predicted molar refractivity (Wildman–Crippen MR) is 88.5 cm³/mol. The third kappa shape index (κ3) is 3.24. The van der Waals surface area contributed by atoms with Crippen molar-refractivity contribution in [2.75, 3.05) is 6.54 Å². The molecule has 0 radical (unpaired) electrons. The van der Waals surface area contributed by atoms with E-state index in [0.29, 0.717) is 24.2 Å². The Morgan fingerprint density at radius 2 is 1.92 bits per heavy atom. The van der Waals surface area contributed by atoms with E-state index in [1.54, 1.807) is 24.0 Å². The molecule has 2 amide bonds. The summed E-state index contributed by atoms with van der Waals surface area (Å²) < 4.78 is 14.6. The molecule has 1 aliphatic heterocycles. The lowest BCUT2D eigenvalue weighted by Gasteiger charge is -2.36. The Hall–Kier alpha value is -2.77. The molecule has 2 aromatic rings. The molecule has 0 bridgehead atoms. The summed E-state index contributed by atoms with van der Waals surface area (Å²) in [6.45, 7) is 3.96. The van der Waals surface area contributed by atoms with Crippen molar-refractivity contribution >= 4 is 11.8 Å². The number of primary amides is 1. The Morgan fingerprint density at radius 1 is 1.24 bits per heavy atom. The monoisotopic (exact) mass is 345 g/mol. The van der Waals surface area contributed by atoms with Gasteiger partial charge in [0, 0.05) is 12.6 Å². The number of nitrogens with zero attached hydrogens (tertiary/aromatic N) is 4. The van der Waals surface area contributed by atoms with E-state index in [1.807, 2.05) is 6.92 Å². The van der Waals surface area contributed by atoms with Gasteiger partial charge in [-0.2, -0.15) is 0 Å². The highest BCUT2D eigenvalue weighted by molar-refractivity contribution is 5.94. The maximum Gasteiger partial charge on any atom is 0.276 e. The average Bonchev–Trinajstić information content (AvgIpc) is 2.97.